The maximum atomic E-state index is 13.2. The number of aromatic nitrogens is 1. The number of rotatable bonds is 5. The van der Waals surface area contributed by atoms with Gasteiger partial charge in [0, 0.05) is 23.1 Å². The lowest BCUT2D eigenvalue weighted by Gasteiger charge is -2.13. The van der Waals surface area contributed by atoms with E-state index in [2.05, 4.69) is 23.7 Å². The van der Waals surface area contributed by atoms with Crippen molar-refractivity contribution in [1.82, 2.24) is 9.47 Å². The highest BCUT2D eigenvalue weighted by molar-refractivity contribution is 8.18. The topological polar surface area (TPSA) is 71.4 Å². The van der Waals surface area contributed by atoms with Crippen molar-refractivity contribution in [3.8, 4) is 0 Å². The first-order valence-electron chi connectivity index (χ1n) is 9.16. The molecule has 0 spiro atoms. The fraction of sp³-hybridized carbons (Fsp3) is 0.286. The van der Waals surface area contributed by atoms with Gasteiger partial charge in [-0.05, 0) is 75.4 Å². The van der Waals surface area contributed by atoms with Crippen LogP contribution >= 0.6 is 11.8 Å². The molecule has 0 bridgehead atoms. The number of nitrogens with zero attached hydrogens (tertiary/aromatic N) is 2. The Balaban J connectivity index is 1.75. The smallest absolute Gasteiger partial charge is 0.294 e. The van der Waals surface area contributed by atoms with Gasteiger partial charge in [-0.3, -0.25) is 19.3 Å². The van der Waals surface area contributed by atoms with Gasteiger partial charge in [0.15, 0.2) is 0 Å². The van der Waals surface area contributed by atoms with Crippen LogP contribution in [0.5, 0.6) is 0 Å². The maximum Gasteiger partial charge on any atom is 0.294 e. The third-order valence-electron chi connectivity index (χ3n) is 4.61. The summed E-state index contributed by atoms with van der Waals surface area (Å²) in [6.45, 7) is 7.69. The molecule has 1 N–H and O–H groups in total. The molecule has 1 saturated heterocycles. The van der Waals surface area contributed by atoms with Gasteiger partial charge < -0.3 is 9.88 Å². The van der Waals surface area contributed by atoms with Crippen LogP contribution in [0.25, 0.3) is 6.08 Å². The molecular formula is C21H22FN3O3S. The number of anilines is 1. The van der Waals surface area contributed by atoms with Crippen molar-refractivity contribution < 1.29 is 18.8 Å². The van der Waals surface area contributed by atoms with E-state index in [4.69, 9.17) is 0 Å². The summed E-state index contributed by atoms with van der Waals surface area (Å²) in [7, 11) is 0. The van der Waals surface area contributed by atoms with Crippen LogP contribution in [0, 0.1) is 19.7 Å². The number of amides is 3. The summed E-state index contributed by atoms with van der Waals surface area (Å²) < 4.78 is 15.4. The Morgan fingerprint density at radius 3 is 2.59 bits per heavy atom. The Morgan fingerprint density at radius 2 is 1.97 bits per heavy atom. The summed E-state index contributed by atoms with van der Waals surface area (Å²) in [4.78, 5) is 38.3. The number of benzene rings is 1. The molecule has 0 aliphatic carbocycles. The van der Waals surface area contributed by atoms with Gasteiger partial charge in [0.2, 0.25) is 5.91 Å². The highest BCUT2D eigenvalue weighted by atomic mass is 32.2. The molecular weight excluding hydrogens is 393 g/mol. The number of hydrogen-bond donors (Lipinski definition) is 1. The van der Waals surface area contributed by atoms with Crippen LogP contribution in [-0.4, -0.2) is 33.1 Å². The molecule has 152 valence electrons. The minimum absolute atomic E-state index is 0.263. The molecule has 1 fully saturated rings. The lowest BCUT2D eigenvalue weighted by atomic mass is 10.2. The summed E-state index contributed by atoms with van der Waals surface area (Å²) in [6, 6.07) is 7.66. The minimum Gasteiger partial charge on any atom is -0.346 e. The van der Waals surface area contributed by atoms with Crippen LogP contribution in [0.1, 0.15) is 36.8 Å². The quantitative estimate of drug-likeness (QED) is 0.730. The van der Waals surface area contributed by atoms with Gasteiger partial charge in [0.25, 0.3) is 11.1 Å². The molecule has 29 heavy (non-hydrogen) atoms. The van der Waals surface area contributed by atoms with Crippen molar-refractivity contribution in [2.45, 2.75) is 33.7 Å². The van der Waals surface area contributed by atoms with E-state index in [0.29, 0.717) is 0 Å². The molecule has 1 aromatic carbocycles. The lowest BCUT2D eigenvalue weighted by molar-refractivity contribution is -0.127. The summed E-state index contributed by atoms with van der Waals surface area (Å²) in [6.07, 6.45) is 1.69. The third kappa shape index (κ3) is 4.42. The van der Waals surface area contributed by atoms with Gasteiger partial charge in [-0.2, -0.15) is 0 Å². The monoisotopic (exact) mass is 415 g/mol. The number of halogens is 1. The van der Waals surface area contributed by atoms with Crippen LogP contribution in [0.15, 0.2) is 35.2 Å². The molecule has 1 aliphatic heterocycles. The van der Waals surface area contributed by atoms with Gasteiger partial charge >= 0.3 is 0 Å². The van der Waals surface area contributed by atoms with Crippen LogP contribution in [0.4, 0.5) is 14.9 Å². The molecule has 3 amide bonds. The average molecular weight is 415 g/mol. The Labute approximate surface area is 172 Å². The maximum absolute atomic E-state index is 13.2. The Bertz CT molecular complexity index is 1030. The normalized spacial score (nSPS) is 15.7. The summed E-state index contributed by atoms with van der Waals surface area (Å²) in [5.41, 5.74) is 3.20. The number of imide groups is 1. The van der Waals surface area contributed by atoms with Gasteiger partial charge in [-0.15, -0.1) is 0 Å². The van der Waals surface area contributed by atoms with Crippen molar-refractivity contribution in [2.24, 2.45) is 0 Å². The number of hydrogen-bond acceptors (Lipinski definition) is 4. The molecule has 2 heterocycles. The molecule has 0 radical (unpaired) electrons. The van der Waals surface area contributed by atoms with Crippen molar-refractivity contribution >= 4 is 40.6 Å². The third-order valence-corrected chi connectivity index (χ3v) is 5.52. The first kappa shape index (κ1) is 20.9. The molecule has 2 aromatic rings. The molecule has 1 aromatic heterocycles. The van der Waals surface area contributed by atoms with Crippen molar-refractivity contribution in [3.63, 3.8) is 0 Å². The Morgan fingerprint density at radius 1 is 1.24 bits per heavy atom. The molecule has 0 saturated carbocycles. The van der Waals surface area contributed by atoms with Crippen molar-refractivity contribution in [3.05, 3.63) is 58.0 Å². The average Bonchev–Trinajstić information content (AvgIpc) is 3.05. The number of thioether (sulfide) groups is 1. The fourth-order valence-electron chi connectivity index (χ4n) is 3.43. The second-order valence-electron chi connectivity index (χ2n) is 7.12. The van der Waals surface area contributed by atoms with Crippen LogP contribution in [0.2, 0.25) is 0 Å². The second-order valence-corrected chi connectivity index (χ2v) is 8.11. The molecule has 0 unspecified atom stereocenters. The van der Waals surface area contributed by atoms with E-state index in [1.807, 2.05) is 19.9 Å². The summed E-state index contributed by atoms with van der Waals surface area (Å²) in [5, 5.41) is 1.98. The lowest BCUT2D eigenvalue weighted by Crippen LogP contribution is -2.36. The first-order chi connectivity index (χ1) is 13.7. The molecule has 8 heteroatoms. The zero-order chi connectivity index (χ0) is 21.3. The Hall–Kier alpha value is -2.87. The van der Waals surface area contributed by atoms with Gasteiger partial charge in [0.1, 0.15) is 12.4 Å². The van der Waals surface area contributed by atoms with Gasteiger partial charge in [-0.25, -0.2) is 4.39 Å². The summed E-state index contributed by atoms with van der Waals surface area (Å²) >= 11 is 0.809. The number of nitrogens with one attached hydrogen (secondary N) is 1. The number of carbonyl (C=O) groups excluding carboxylic acids is 3. The summed E-state index contributed by atoms with van der Waals surface area (Å²) in [5.74, 6) is -1.57. The van der Waals surface area contributed by atoms with Crippen LogP contribution < -0.4 is 5.32 Å². The van der Waals surface area contributed by atoms with Crippen molar-refractivity contribution in [1.29, 1.82) is 0 Å². The van der Waals surface area contributed by atoms with Gasteiger partial charge in [0.05, 0.1) is 4.91 Å². The van der Waals surface area contributed by atoms with Gasteiger partial charge in [-0.1, -0.05) is 6.07 Å². The second kappa shape index (κ2) is 8.24. The number of aryl methyl sites for hydroxylation is 1. The molecule has 6 nitrogen and oxygen atoms in total. The van der Waals surface area contributed by atoms with Crippen LogP contribution in [0.3, 0.4) is 0 Å². The minimum atomic E-state index is -0.572. The highest BCUT2D eigenvalue weighted by Crippen LogP contribution is 2.33. The van der Waals surface area contributed by atoms with E-state index in [1.54, 1.807) is 6.08 Å². The van der Waals surface area contributed by atoms with Crippen molar-refractivity contribution in [2.75, 3.05) is 11.9 Å². The molecule has 0 atom stereocenters. The highest BCUT2D eigenvalue weighted by Gasteiger charge is 2.36. The van der Waals surface area contributed by atoms with E-state index >= 15 is 0 Å². The number of carbonyl (C=O) groups is 3. The van der Waals surface area contributed by atoms with E-state index in [9.17, 15) is 18.8 Å². The largest absolute Gasteiger partial charge is 0.346 e. The molecule has 1 aliphatic rings. The zero-order valence-corrected chi connectivity index (χ0v) is 17.5. The zero-order valence-electron chi connectivity index (χ0n) is 16.7. The standard InChI is InChI=1S/C21H22FN3O3S/c1-12(2)25-13(3)8-15(14(25)4)9-18-20(27)24(21(28)29-18)11-19(26)23-17-7-5-6-16(22)10-17/h5-10,12H,11H2,1-4H3,(H,23,26)/b18-9+. The predicted octanol–water partition coefficient (Wildman–Crippen LogP) is 4.50. The van der Waals surface area contributed by atoms with E-state index < -0.39 is 29.4 Å². The Kier molecular flexibility index (Phi) is 5.93. The van der Waals surface area contributed by atoms with E-state index in [0.717, 1.165) is 39.7 Å². The van der Waals surface area contributed by atoms with E-state index in [-0.39, 0.29) is 16.6 Å². The molecule has 3 rings (SSSR count). The fourth-order valence-corrected chi connectivity index (χ4v) is 4.26. The first-order valence-corrected chi connectivity index (χ1v) is 9.98. The van der Waals surface area contributed by atoms with E-state index in [1.165, 1.54) is 18.2 Å². The predicted molar refractivity (Wildman–Crippen MR) is 112 cm³/mol. The SMILES string of the molecule is Cc1cc(/C=C2/SC(=O)N(CC(=O)Nc3cccc(F)c3)C2=O)c(C)n1C(C)C. The van der Waals surface area contributed by atoms with Crippen LogP contribution in [-0.2, 0) is 9.59 Å².